The summed E-state index contributed by atoms with van der Waals surface area (Å²) < 4.78 is 8.83. The molecular formula is C16H27BrN4O4Si. The largest absolute Gasteiger partial charge is 0.392 e. The lowest BCUT2D eigenvalue weighted by Gasteiger charge is -2.16. The number of halogens is 1. The Morgan fingerprint density at radius 3 is 2.65 bits per heavy atom. The third kappa shape index (κ3) is 5.15. The molecule has 146 valence electrons. The maximum atomic E-state index is 12.3. The predicted octanol–water partition coefficient (Wildman–Crippen LogP) is 1.42. The number of alkyl halides is 1. The minimum absolute atomic E-state index is 0.196. The van der Waals surface area contributed by atoms with Crippen LogP contribution in [-0.2, 0) is 24.9 Å². The molecule has 2 aromatic heterocycles. The minimum atomic E-state index is -1.21. The Balaban J connectivity index is 2.35. The summed E-state index contributed by atoms with van der Waals surface area (Å²) in [6, 6.07) is 1.02. The predicted molar refractivity (Wildman–Crippen MR) is 108 cm³/mol. The van der Waals surface area contributed by atoms with E-state index in [2.05, 4.69) is 45.5 Å². The fourth-order valence-electron chi connectivity index (χ4n) is 2.52. The maximum absolute atomic E-state index is 12.3. The second-order valence-corrected chi connectivity index (χ2v) is 13.9. The number of aliphatic hydroxyl groups is 1. The molecule has 8 nitrogen and oxygen atoms in total. The van der Waals surface area contributed by atoms with E-state index in [4.69, 9.17) is 4.74 Å². The van der Waals surface area contributed by atoms with Crippen molar-refractivity contribution in [3.8, 4) is 0 Å². The first-order chi connectivity index (χ1) is 12.1. The topological polar surface area (TPSA) is 102 Å². The molecule has 0 bridgehead atoms. The fraction of sp³-hybridized carbons (Fsp3) is 0.688. The standard InChI is InChI=1S/C16H27BrN4O4Si/c1-20-14-13(15(23)19-16(20)24)21(10-25-7-8-26(2,3)4)12(18-14)6-5-11(22)9-17/h11,22H,5-10H2,1-4H3,(H,19,23,24). The fourth-order valence-corrected chi connectivity index (χ4v) is 3.60. The van der Waals surface area contributed by atoms with E-state index in [0.717, 1.165) is 6.04 Å². The smallest absolute Gasteiger partial charge is 0.329 e. The van der Waals surface area contributed by atoms with Crippen molar-refractivity contribution in [2.24, 2.45) is 7.05 Å². The zero-order valence-electron chi connectivity index (χ0n) is 15.7. The van der Waals surface area contributed by atoms with Crippen LogP contribution in [0.4, 0.5) is 0 Å². The normalized spacial score (nSPS) is 13.5. The number of aliphatic hydroxyl groups excluding tert-OH is 1. The first-order valence-electron chi connectivity index (χ1n) is 8.64. The monoisotopic (exact) mass is 446 g/mol. The summed E-state index contributed by atoms with van der Waals surface area (Å²) in [4.78, 5) is 31.0. The molecule has 1 unspecified atom stereocenters. The average molecular weight is 447 g/mol. The second-order valence-electron chi connectivity index (χ2n) is 7.64. The van der Waals surface area contributed by atoms with E-state index in [1.54, 1.807) is 11.6 Å². The van der Waals surface area contributed by atoms with Crippen molar-refractivity contribution < 1.29 is 9.84 Å². The van der Waals surface area contributed by atoms with Gasteiger partial charge in [-0.1, -0.05) is 35.6 Å². The van der Waals surface area contributed by atoms with E-state index in [9.17, 15) is 14.7 Å². The van der Waals surface area contributed by atoms with Gasteiger partial charge in [0.2, 0.25) is 0 Å². The van der Waals surface area contributed by atoms with Crippen LogP contribution in [0.15, 0.2) is 9.59 Å². The van der Waals surface area contributed by atoms with Crippen molar-refractivity contribution in [1.82, 2.24) is 19.1 Å². The van der Waals surface area contributed by atoms with E-state index in [-0.39, 0.29) is 6.73 Å². The van der Waals surface area contributed by atoms with Crippen molar-refractivity contribution in [2.45, 2.75) is 51.4 Å². The molecule has 0 radical (unpaired) electrons. The van der Waals surface area contributed by atoms with Crippen molar-refractivity contribution in [1.29, 1.82) is 0 Å². The van der Waals surface area contributed by atoms with Crippen molar-refractivity contribution >= 4 is 35.2 Å². The number of nitrogens with one attached hydrogen (secondary N) is 1. The Morgan fingerprint density at radius 2 is 2.04 bits per heavy atom. The summed E-state index contributed by atoms with van der Waals surface area (Å²) in [7, 11) is 0.360. The van der Waals surface area contributed by atoms with Gasteiger partial charge in [-0.2, -0.15) is 0 Å². The number of hydrogen-bond acceptors (Lipinski definition) is 5. The lowest BCUT2D eigenvalue weighted by atomic mass is 10.2. The molecule has 2 aromatic rings. The van der Waals surface area contributed by atoms with E-state index in [1.807, 2.05) is 0 Å². The van der Waals surface area contributed by atoms with Gasteiger partial charge >= 0.3 is 5.69 Å². The molecule has 0 aromatic carbocycles. The van der Waals surface area contributed by atoms with Gasteiger partial charge < -0.3 is 9.84 Å². The molecule has 1 atom stereocenters. The van der Waals surface area contributed by atoms with Crippen molar-refractivity contribution in [3.63, 3.8) is 0 Å². The lowest BCUT2D eigenvalue weighted by molar-refractivity contribution is 0.0871. The van der Waals surface area contributed by atoms with Gasteiger partial charge in [0.05, 0.1) is 6.10 Å². The highest BCUT2D eigenvalue weighted by molar-refractivity contribution is 9.09. The molecule has 0 aliphatic carbocycles. The van der Waals surface area contributed by atoms with Crippen LogP contribution in [0.1, 0.15) is 12.2 Å². The van der Waals surface area contributed by atoms with Crippen LogP contribution in [0.5, 0.6) is 0 Å². The van der Waals surface area contributed by atoms with Gasteiger partial charge in [-0.05, 0) is 12.5 Å². The van der Waals surface area contributed by atoms with Gasteiger partial charge in [0.25, 0.3) is 5.56 Å². The number of fused-ring (bicyclic) bond motifs is 1. The van der Waals surface area contributed by atoms with E-state index >= 15 is 0 Å². The number of nitrogens with zero attached hydrogens (tertiary/aromatic N) is 3. The highest BCUT2D eigenvalue weighted by Crippen LogP contribution is 2.15. The van der Waals surface area contributed by atoms with Crippen LogP contribution in [-0.4, -0.2) is 50.3 Å². The maximum Gasteiger partial charge on any atom is 0.329 e. The van der Waals surface area contributed by atoms with Gasteiger partial charge in [-0.15, -0.1) is 0 Å². The number of rotatable bonds is 9. The SMILES string of the molecule is Cn1c(=O)[nH]c(=O)c2c1nc(CCC(O)CBr)n2COCC[Si](C)(C)C. The summed E-state index contributed by atoms with van der Waals surface area (Å²) in [6.45, 7) is 7.63. The molecule has 0 aliphatic heterocycles. The molecule has 0 aliphatic rings. The second kappa shape index (κ2) is 8.64. The Hall–Kier alpha value is -1.23. The molecular weight excluding hydrogens is 420 g/mol. The number of aromatic nitrogens is 4. The third-order valence-electron chi connectivity index (χ3n) is 4.18. The Kier molecular flexibility index (Phi) is 7.00. The van der Waals surface area contributed by atoms with Crippen LogP contribution in [0, 0.1) is 0 Å². The van der Waals surface area contributed by atoms with Gasteiger partial charge in [0.1, 0.15) is 12.6 Å². The van der Waals surface area contributed by atoms with Gasteiger partial charge in [0, 0.05) is 33.5 Å². The third-order valence-corrected chi connectivity index (χ3v) is 6.63. The van der Waals surface area contributed by atoms with Gasteiger partial charge in [-0.3, -0.25) is 18.9 Å². The van der Waals surface area contributed by atoms with Crippen molar-refractivity contribution in [2.75, 3.05) is 11.9 Å². The highest BCUT2D eigenvalue weighted by atomic mass is 79.9. The number of ether oxygens (including phenoxy) is 1. The van der Waals surface area contributed by atoms with Crippen LogP contribution in [0.2, 0.25) is 25.7 Å². The average Bonchev–Trinajstić information content (AvgIpc) is 2.92. The Labute approximate surface area is 161 Å². The number of hydrogen-bond donors (Lipinski definition) is 2. The molecule has 2 heterocycles. The number of imidazole rings is 1. The van der Waals surface area contributed by atoms with Crippen LogP contribution < -0.4 is 11.2 Å². The van der Waals surface area contributed by atoms with Crippen LogP contribution in [0.25, 0.3) is 11.2 Å². The Morgan fingerprint density at radius 1 is 1.35 bits per heavy atom. The summed E-state index contributed by atoms with van der Waals surface area (Å²) in [5.41, 5.74) is -0.324. The van der Waals surface area contributed by atoms with Crippen LogP contribution in [0.3, 0.4) is 0 Å². The van der Waals surface area contributed by atoms with Gasteiger partial charge in [0.15, 0.2) is 11.2 Å². The highest BCUT2D eigenvalue weighted by Gasteiger charge is 2.19. The molecule has 0 saturated heterocycles. The number of aryl methyl sites for hydroxylation is 2. The quantitative estimate of drug-likeness (QED) is 0.344. The summed E-state index contributed by atoms with van der Waals surface area (Å²) >= 11 is 3.25. The zero-order valence-corrected chi connectivity index (χ0v) is 18.3. The minimum Gasteiger partial charge on any atom is -0.392 e. The lowest BCUT2D eigenvalue weighted by Crippen LogP contribution is -2.29. The summed E-state index contributed by atoms with van der Waals surface area (Å²) in [5.74, 6) is 0.625. The van der Waals surface area contributed by atoms with E-state index < -0.39 is 25.4 Å². The summed E-state index contributed by atoms with van der Waals surface area (Å²) in [5, 5.41) is 10.3. The first kappa shape index (κ1) is 21.1. The van der Waals surface area contributed by atoms with E-state index in [0.29, 0.717) is 41.8 Å². The van der Waals surface area contributed by atoms with Crippen LogP contribution >= 0.6 is 15.9 Å². The molecule has 0 spiro atoms. The molecule has 0 saturated carbocycles. The molecule has 10 heteroatoms. The molecule has 0 amide bonds. The van der Waals surface area contributed by atoms with Gasteiger partial charge in [-0.25, -0.2) is 9.78 Å². The summed E-state index contributed by atoms with van der Waals surface area (Å²) in [6.07, 6.45) is 0.472. The molecule has 26 heavy (non-hydrogen) atoms. The number of H-pyrrole nitrogens is 1. The molecule has 2 rings (SSSR count). The molecule has 2 N–H and O–H groups in total. The molecule has 0 fully saturated rings. The van der Waals surface area contributed by atoms with Crippen molar-refractivity contribution in [3.05, 3.63) is 26.7 Å². The first-order valence-corrected chi connectivity index (χ1v) is 13.5. The Bertz CT molecular complexity index is 868. The number of aromatic amines is 1. The van der Waals surface area contributed by atoms with E-state index in [1.165, 1.54) is 4.57 Å². The zero-order chi connectivity index (χ0) is 19.5.